The largest absolute Gasteiger partial charge is 0.378 e. The monoisotopic (exact) mass is 425 g/mol. The van der Waals surface area contributed by atoms with Crippen LogP contribution < -0.4 is 9.62 Å². The summed E-state index contributed by atoms with van der Waals surface area (Å²) in [7, 11) is -3.96. The minimum Gasteiger partial charge on any atom is -0.378 e. The highest BCUT2D eigenvalue weighted by atomic mass is 32.2. The van der Waals surface area contributed by atoms with E-state index in [1.54, 1.807) is 6.07 Å². The van der Waals surface area contributed by atoms with Gasteiger partial charge in [-0.3, -0.25) is 4.72 Å². The van der Waals surface area contributed by atoms with Gasteiger partial charge in [0.05, 0.1) is 11.8 Å². The van der Waals surface area contributed by atoms with Crippen LogP contribution in [0.3, 0.4) is 0 Å². The van der Waals surface area contributed by atoms with Gasteiger partial charge in [-0.05, 0) is 49.9 Å². The Morgan fingerprint density at radius 3 is 2.69 bits per heavy atom. The smallest absolute Gasteiger partial charge is 0.263 e. The van der Waals surface area contributed by atoms with Crippen LogP contribution in [0.4, 0.5) is 20.3 Å². The van der Waals surface area contributed by atoms with E-state index in [4.69, 9.17) is 4.74 Å². The Morgan fingerprint density at radius 2 is 2.00 bits per heavy atom. The Hall–Kier alpha value is -2.26. The fourth-order valence-corrected chi connectivity index (χ4v) is 4.23. The van der Waals surface area contributed by atoms with Gasteiger partial charge in [0.15, 0.2) is 11.6 Å². The Kier molecular flexibility index (Phi) is 7.02. The summed E-state index contributed by atoms with van der Waals surface area (Å²) in [5.74, 6) is -1.47. The van der Waals surface area contributed by atoms with Gasteiger partial charge in [-0.25, -0.2) is 22.2 Å². The summed E-state index contributed by atoms with van der Waals surface area (Å²) < 4.78 is 59.4. The van der Waals surface area contributed by atoms with Crippen LogP contribution in [0.5, 0.6) is 0 Å². The molecule has 2 heterocycles. The summed E-state index contributed by atoms with van der Waals surface area (Å²) in [5.41, 5.74) is -0.0568. The number of sulfonamides is 1. The summed E-state index contributed by atoms with van der Waals surface area (Å²) in [6, 6.07) is 5.94. The predicted octanol–water partition coefficient (Wildman–Crippen LogP) is 3.95. The van der Waals surface area contributed by atoms with Crippen LogP contribution in [0.1, 0.15) is 32.6 Å². The molecule has 1 atom stereocenters. The molecular weight excluding hydrogens is 400 g/mol. The molecule has 1 saturated heterocycles. The number of hydrogen-bond donors (Lipinski definition) is 1. The maximum atomic E-state index is 13.3. The fraction of sp³-hybridized carbons (Fsp3) is 0.450. The van der Waals surface area contributed by atoms with Crippen LogP contribution in [-0.4, -0.2) is 39.2 Å². The summed E-state index contributed by atoms with van der Waals surface area (Å²) >= 11 is 0. The minimum atomic E-state index is -3.96. The lowest BCUT2D eigenvalue weighted by molar-refractivity contribution is 0.0461. The van der Waals surface area contributed by atoms with Crippen molar-refractivity contribution in [1.82, 2.24) is 4.98 Å². The van der Waals surface area contributed by atoms with Gasteiger partial charge in [0, 0.05) is 32.0 Å². The Balaban J connectivity index is 1.66. The molecule has 1 aliphatic rings. The van der Waals surface area contributed by atoms with Crippen molar-refractivity contribution in [3.05, 3.63) is 48.2 Å². The van der Waals surface area contributed by atoms with Gasteiger partial charge in [-0.1, -0.05) is 6.92 Å². The maximum Gasteiger partial charge on any atom is 0.263 e. The van der Waals surface area contributed by atoms with Crippen molar-refractivity contribution in [2.75, 3.05) is 29.3 Å². The molecule has 0 amide bonds. The van der Waals surface area contributed by atoms with E-state index in [1.165, 1.54) is 12.3 Å². The molecule has 1 aromatic heterocycles. The molecule has 1 N–H and O–H groups in total. The normalized spacial score (nSPS) is 17.8. The highest BCUT2D eigenvalue weighted by Gasteiger charge is 2.20. The van der Waals surface area contributed by atoms with E-state index in [1.807, 2.05) is 0 Å². The first-order chi connectivity index (χ1) is 13.9. The van der Waals surface area contributed by atoms with E-state index in [2.05, 4.69) is 21.5 Å². The van der Waals surface area contributed by atoms with Gasteiger partial charge in [0.1, 0.15) is 10.7 Å². The molecule has 1 aliphatic heterocycles. The van der Waals surface area contributed by atoms with Crippen LogP contribution in [-0.2, 0) is 14.8 Å². The number of nitrogens with one attached hydrogen (secondary N) is 1. The lowest BCUT2D eigenvalue weighted by atomic mass is 10.2. The number of benzene rings is 1. The molecule has 29 heavy (non-hydrogen) atoms. The second kappa shape index (κ2) is 9.49. The Morgan fingerprint density at radius 1 is 1.17 bits per heavy atom. The molecule has 3 rings (SSSR count). The first-order valence-electron chi connectivity index (χ1n) is 9.69. The molecule has 158 valence electrons. The average molecular weight is 426 g/mol. The van der Waals surface area contributed by atoms with Crippen molar-refractivity contribution in [2.45, 2.75) is 43.6 Å². The number of anilines is 2. The molecule has 0 spiro atoms. The van der Waals surface area contributed by atoms with Gasteiger partial charge >= 0.3 is 0 Å². The summed E-state index contributed by atoms with van der Waals surface area (Å²) in [6.45, 7) is 4.48. The third kappa shape index (κ3) is 5.63. The molecule has 0 bridgehead atoms. The van der Waals surface area contributed by atoms with Crippen LogP contribution in [0.2, 0.25) is 0 Å². The molecule has 0 aliphatic carbocycles. The quantitative estimate of drug-likeness (QED) is 0.727. The average Bonchev–Trinajstić information content (AvgIpc) is 2.95. The minimum absolute atomic E-state index is 0.0510. The zero-order valence-corrected chi connectivity index (χ0v) is 17.1. The fourth-order valence-electron chi connectivity index (χ4n) is 3.24. The maximum absolute atomic E-state index is 13.3. The lowest BCUT2D eigenvalue weighted by Gasteiger charge is -2.22. The molecule has 1 fully saturated rings. The Bertz CT molecular complexity index is 923. The van der Waals surface area contributed by atoms with Gasteiger partial charge < -0.3 is 9.64 Å². The van der Waals surface area contributed by atoms with E-state index >= 15 is 0 Å². The molecule has 1 aromatic carbocycles. The molecule has 9 heteroatoms. The van der Waals surface area contributed by atoms with E-state index < -0.39 is 21.7 Å². The van der Waals surface area contributed by atoms with Gasteiger partial charge in [0.2, 0.25) is 0 Å². The molecule has 1 unspecified atom stereocenters. The standard InChI is InChI=1S/C20H25F2N3O3S/c1-2-12-28-16-4-3-10-25(11-9-16)20-8-6-17(14-23-20)29(26,27)24-15-5-7-18(21)19(22)13-15/h5-8,13-14,16,24H,2-4,9-12H2,1H3. The van der Waals surface area contributed by atoms with Gasteiger partial charge in [0.25, 0.3) is 10.0 Å². The predicted molar refractivity (Wildman–Crippen MR) is 107 cm³/mol. The van der Waals surface area contributed by atoms with Gasteiger partial charge in [-0.15, -0.1) is 0 Å². The molecule has 2 aromatic rings. The second-order valence-electron chi connectivity index (χ2n) is 7.00. The molecule has 6 nitrogen and oxygen atoms in total. The number of aromatic nitrogens is 1. The van der Waals surface area contributed by atoms with Crippen molar-refractivity contribution >= 4 is 21.5 Å². The van der Waals surface area contributed by atoms with E-state index in [0.29, 0.717) is 5.82 Å². The molecule has 0 radical (unpaired) electrons. The first-order valence-corrected chi connectivity index (χ1v) is 11.2. The third-order valence-corrected chi connectivity index (χ3v) is 6.13. The summed E-state index contributed by atoms with van der Waals surface area (Å²) in [5, 5.41) is 0. The third-order valence-electron chi connectivity index (χ3n) is 4.76. The van der Waals surface area contributed by atoms with Crippen molar-refractivity contribution in [2.24, 2.45) is 0 Å². The van der Waals surface area contributed by atoms with Crippen molar-refractivity contribution in [3.63, 3.8) is 0 Å². The van der Waals surface area contributed by atoms with E-state index in [0.717, 1.165) is 63.6 Å². The van der Waals surface area contributed by atoms with Gasteiger partial charge in [-0.2, -0.15) is 0 Å². The number of halogens is 2. The lowest BCUT2D eigenvalue weighted by Crippen LogP contribution is -2.26. The number of pyridine rings is 1. The van der Waals surface area contributed by atoms with Crippen LogP contribution in [0.15, 0.2) is 41.4 Å². The highest BCUT2D eigenvalue weighted by Crippen LogP contribution is 2.22. The SMILES string of the molecule is CCCOC1CCCN(c2ccc(S(=O)(=O)Nc3ccc(F)c(F)c3)cn2)CC1. The second-order valence-corrected chi connectivity index (χ2v) is 8.68. The molecular formula is C20H25F2N3O3S. The summed E-state index contributed by atoms with van der Waals surface area (Å²) in [6.07, 6.45) is 5.40. The highest BCUT2D eigenvalue weighted by molar-refractivity contribution is 7.92. The van der Waals surface area contributed by atoms with Crippen molar-refractivity contribution in [3.8, 4) is 0 Å². The summed E-state index contributed by atoms with van der Waals surface area (Å²) in [4.78, 5) is 6.37. The van der Waals surface area contributed by atoms with E-state index in [9.17, 15) is 17.2 Å². The zero-order chi connectivity index (χ0) is 20.9. The van der Waals surface area contributed by atoms with Crippen LogP contribution in [0.25, 0.3) is 0 Å². The number of ether oxygens (including phenoxy) is 1. The van der Waals surface area contributed by atoms with E-state index in [-0.39, 0.29) is 16.7 Å². The Labute approximate surface area is 170 Å². The zero-order valence-electron chi connectivity index (χ0n) is 16.3. The van der Waals surface area contributed by atoms with Crippen molar-refractivity contribution < 1.29 is 21.9 Å². The first kappa shape index (κ1) is 21.4. The number of rotatable bonds is 7. The van der Waals surface area contributed by atoms with Crippen LogP contribution >= 0.6 is 0 Å². The van der Waals surface area contributed by atoms with Crippen LogP contribution in [0, 0.1) is 11.6 Å². The van der Waals surface area contributed by atoms with Crippen molar-refractivity contribution in [1.29, 1.82) is 0 Å². The number of nitrogens with zero attached hydrogens (tertiary/aromatic N) is 2. The molecule has 0 saturated carbocycles. The number of hydrogen-bond acceptors (Lipinski definition) is 5. The topological polar surface area (TPSA) is 71.5 Å².